The molecule has 0 radical (unpaired) electrons. The van der Waals surface area contributed by atoms with Gasteiger partial charge < -0.3 is 10.6 Å². The topological polar surface area (TPSA) is 41.1 Å². The van der Waals surface area contributed by atoms with Gasteiger partial charge in [-0.25, -0.2) is 0 Å². The van der Waals surface area contributed by atoms with Crippen LogP contribution in [0, 0.1) is 6.92 Å². The molecule has 0 aromatic heterocycles. The minimum absolute atomic E-state index is 0.0445. The van der Waals surface area contributed by atoms with E-state index >= 15 is 0 Å². The van der Waals surface area contributed by atoms with Crippen molar-refractivity contribution in [2.45, 2.75) is 38.6 Å². The van der Waals surface area contributed by atoms with Gasteiger partial charge in [0.15, 0.2) is 0 Å². The van der Waals surface area contributed by atoms with Crippen LogP contribution in [0.5, 0.6) is 0 Å². The summed E-state index contributed by atoms with van der Waals surface area (Å²) < 4.78 is 0. The number of aryl methyl sites for hydroxylation is 1. The van der Waals surface area contributed by atoms with Crippen molar-refractivity contribution in [2.24, 2.45) is 0 Å². The van der Waals surface area contributed by atoms with Gasteiger partial charge in [0.1, 0.15) is 0 Å². The first-order valence-electron chi connectivity index (χ1n) is 6.69. The first kappa shape index (κ1) is 13.1. The smallest absolute Gasteiger partial charge is 0.216 e. The maximum Gasteiger partial charge on any atom is 0.216 e. The average molecular weight is 246 g/mol. The third-order valence-corrected chi connectivity index (χ3v) is 3.58. The minimum Gasteiger partial charge on any atom is -0.355 e. The largest absolute Gasteiger partial charge is 0.355 e. The maximum absolute atomic E-state index is 10.7. The summed E-state index contributed by atoms with van der Waals surface area (Å²) in [7, 11) is 0. The highest BCUT2D eigenvalue weighted by Gasteiger charge is 2.29. The lowest BCUT2D eigenvalue weighted by Crippen LogP contribution is -2.43. The lowest BCUT2D eigenvalue weighted by molar-refractivity contribution is -0.118. The summed E-state index contributed by atoms with van der Waals surface area (Å²) in [6.45, 7) is 5.29. The van der Waals surface area contributed by atoms with Gasteiger partial charge in [-0.15, -0.1) is 0 Å². The van der Waals surface area contributed by atoms with Gasteiger partial charge in [0.05, 0.1) is 0 Å². The second-order valence-electron chi connectivity index (χ2n) is 5.22. The molecule has 0 spiro atoms. The summed E-state index contributed by atoms with van der Waals surface area (Å²) in [6, 6.07) is 9.42. The third-order valence-electron chi connectivity index (χ3n) is 3.58. The molecule has 18 heavy (non-hydrogen) atoms. The van der Waals surface area contributed by atoms with E-state index in [1.807, 2.05) is 0 Å². The van der Waals surface area contributed by atoms with Crippen molar-refractivity contribution < 1.29 is 4.79 Å². The van der Waals surface area contributed by atoms with Crippen molar-refractivity contribution in [3.05, 3.63) is 35.4 Å². The van der Waals surface area contributed by atoms with Gasteiger partial charge in [0, 0.05) is 26.1 Å². The van der Waals surface area contributed by atoms with Crippen LogP contribution in [0.25, 0.3) is 0 Å². The van der Waals surface area contributed by atoms with Crippen LogP contribution in [0.1, 0.15) is 36.8 Å². The summed E-state index contributed by atoms with van der Waals surface area (Å²) in [5, 5.41) is 6.27. The molecular weight excluding hydrogens is 224 g/mol. The number of amides is 1. The second kappa shape index (κ2) is 6.01. The van der Waals surface area contributed by atoms with Crippen molar-refractivity contribution in [2.75, 3.05) is 13.1 Å². The Morgan fingerprint density at radius 2 is 2.11 bits per heavy atom. The molecule has 1 aromatic carbocycles. The SMILES string of the molecule is CC(=O)NCCNC1CC(c2cccc(C)c2)C1. The summed E-state index contributed by atoms with van der Waals surface area (Å²) in [6.07, 6.45) is 2.42. The summed E-state index contributed by atoms with van der Waals surface area (Å²) in [4.78, 5) is 10.7. The molecule has 0 atom stereocenters. The first-order valence-corrected chi connectivity index (χ1v) is 6.69. The number of nitrogens with one attached hydrogen (secondary N) is 2. The Labute approximate surface area is 109 Å². The average Bonchev–Trinajstić information content (AvgIpc) is 2.25. The molecular formula is C15H22N2O. The fourth-order valence-corrected chi connectivity index (χ4v) is 2.50. The van der Waals surface area contributed by atoms with Gasteiger partial charge in [-0.2, -0.15) is 0 Å². The van der Waals surface area contributed by atoms with Crippen molar-refractivity contribution in [1.29, 1.82) is 0 Å². The first-order chi connectivity index (χ1) is 8.65. The van der Waals surface area contributed by atoms with Gasteiger partial charge in [0.25, 0.3) is 0 Å². The Balaban J connectivity index is 1.66. The highest BCUT2D eigenvalue weighted by molar-refractivity contribution is 5.72. The van der Waals surface area contributed by atoms with E-state index in [0.717, 1.165) is 13.1 Å². The van der Waals surface area contributed by atoms with E-state index in [9.17, 15) is 4.79 Å². The number of hydrogen-bond acceptors (Lipinski definition) is 2. The van der Waals surface area contributed by atoms with Gasteiger partial charge in [-0.05, 0) is 31.2 Å². The van der Waals surface area contributed by atoms with E-state index in [2.05, 4.69) is 41.8 Å². The van der Waals surface area contributed by atoms with Crippen molar-refractivity contribution in [3.8, 4) is 0 Å². The molecule has 1 aromatic rings. The van der Waals surface area contributed by atoms with E-state index in [4.69, 9.17) is 0 Å². The van der Waals surface area contributed by atoms with Gasteiger partial charge in [-0.3, -0.25) is 4.79 Å². The number of hydrogen-bond donors (Lipinski definition) is 2. The lowest BCUT2D eigenvalue weighted by atomic mass is 9.75. The molecule has 1 fully saturated rings. The normalized spacial score (nSPS) is 22.3. The fourth-order valence-electron chi connectivity index (χ4n) is 2.50. The predicted molar refractivity (Wildman–Crippen MR) is 73.6 cm³/mol. The number of carbonyl (C=O) groups excluding carboxylic acids is 1. The van der Waals surface area contributed by atoms with Crippen LogP contribution in [0.2, 0.25) is 0 Å². The molecule has 0 saturated heterocycles. The Kier molecular flexibility index (Phi) is 4.37. The van der Waals surface area contributed by atoms with E-state index in [1.165, 1.54) is 24.0 Å². The Morgan fingerprint density at radius 1 is 1.33 bits per heavy atom. The molecule has 98 valence electrons. The summed E-state index contributed by atoms with van der Waals surface area (Å²) in [5.41, 5.74) is 2.81. The predicted octanol–water partition coefficient (Wildman–Crippen LogP) is 1.97. The Morgan fingerprint density at radius 3 is 2.78 bits per heavy atom. The third kappa shape index (κ3) is 3.57. The summed E-state index contributed by atoms with van der Waals surface area (Å²) >= 11 is 0. The van der Waals surface area contributed by atoms with E-state index in [0.29, 0.717) is 12.0 Å². The van der Waals surface area contributed by atoms with E-state index in [1.54, 1.807) is 6.92 Å². The molecule has 3 nitrogen and oxygen atoms in total. The van der Waals surface area contributed by atoms with Crippen LogP contribution >= 0.6 is 0 Å². The van der Waals surface area contributed by atoms with Crippen LogP contribution in [-0.2, 0) is 4.79 Å². The van der Waals surface area contributed by atoms with Crippen LogP contribution < -0.4 is 10.6 Å². The zero-order valence-electron chi connectivity index (χ0n) is 11.2. The van der Waals surface area contributed by atoms with Crippen LogP contribution in [-0.4, -0.2) is 25.0 Å². The lowest BCUT2D eigenvalue weighted by Gasteiger charge is -2.36. The van der Waals surface area contributed by atoms with Crippen LogP contribution in [0.15, 0.2) is 24.3 Å². The summed E-state index contributed by atoms with van der Waals surface area (Å²) in [5.74, 6) is 0.756. The van der Waals surface area contributed by atoms with Gasteiger partial charge >= 0.3 is 0 Å². The highest BCUT2D eigenvalue weighted by Crippen LogP contribution is 2.36. The van der Waals surface area contributed by atoms with Crippen molar-refractivity contribution >= 4 is 5.91 Å². The molecule has 0 heterocycles. The van der Waals surface area contributed by atoms with Gasteiger partial charge in [-0.1, -0.05) is 29.8 Å². The standard InChI is InChI=1S/C15H22N2O/c1-11-4-3-5-13(8-11)14-9-15(10-14)17-7-6-16-12(2)18/h3-5,8,14-15,17H,6-7,9-10H2,1-2H3,(H,16,18). The molecule has 1 amide bonds. The fraction of sp³-hybridized carbons (Fsp3) is 0.533. The highest BCUT2D eigenvalue weighted by atomic mass is 16.1. The van der Waals surface area contributed by atoms with Crippen LogP contribution in [0.3, 0.4) is 0 Å². The molecule has 3 heteroatoms. The van der Waals surface area contributed by atoms with Crippen LogP contribution in [0.4, 0.5) is 0 Å². The van der Waals surface area contributed by atoms with Crippen molar-refractivity contribution in [1.82, 2.24) is 10.6 Å². The zero-order valence-corrected chi connectivity index (χ0v) is 11.2. The number of rotatable bonds is 5. The molecule has 2 rings (SSSR count). The molecule has 1 aliphatic carbocycles. The van der Waals surface area contributed by atoms with Gasteiger partial charge in [0.2, 0.25) is 5.91 Å². The zero-order chi connectivity index (χ0) is 13.0. The van der Waals surface area contributed by atoms with E-state index in [-0.39, 0.29) is 5.91 Å². The second-order valence-corrected chi connectivity index (χ2v) is 5.22. The Bertz CT molecular complexity index is 411. The molecule has 2 N–H and O–H groups in total. The molecule has 0 unspecified atom stereocenters. The number of benzene rings is 1. The monoisotopic (exact) mass is 246 g/mol. The van der Waals surface area contributed by atoms with Crippen molar-refractivity contribution in [3.63, 3.8) is 0 Å². The minimum atomic E-state index is 0.0445. The molecule has 0 bridgehead atoms. The van der Waals surface area contributed by atoms with E-state index < -0.39 is 0 Å². The Hall–Kier alpha value is -1.35. The number of carbonyl (C=O) groups is 1. The molecule has 1 aliphatic rings. The molecule has 1 saturated carbocycles. The maximum atomic E-state index is 10.7. The molecule has 0 aliphatic heterocycles. The quantitative estimate of drug-likeness (QED) is 0.780.